The van der Waals surface area contributed by atoms with Crippen molar-refractivity contribution in [1.29, 1.82) is 0 Å². The third-order valence-corrected chi connectivity index (χ3v) is 10.5. The fraction of sp³-hybridized carbons (Fsp3) is 0.289. The second kappa shape index (κ2) is 18.1. The van der Waals surface area contributed by atoms with Crippen molar-refractivity contribution in [1.82, 2.24) is 0 Å². The fourth-order valence-corrected chi connectivity index (χ4v) is 6.98. The van der Waals surface area contributed by atoms with Gasteiger partial charge in [0.2, 0.25) is 5.75 Å². The quantitative estimate of drug-likeness (QED) is 0.0693. The van der Waals surface area contributed by atoms with Gasteiger partial charge in [0.15, 0.2) is 35.2 Å². The summed E-state index contributed by atoms with van der Waals surface area (Å²) in [5, 5.41) is 0. The van der Waals surface area contributed by atoms with Gasteiger partial charge in [-0.25, -0.2) is 4.79 Å². The molecule has 3 unspecified atom stereocenters. The zero-order valence-corrected chi connectivity index (χ0v) is 34.6. The van der Waals surface area contributed by atoms with Gasteiger partial charge in [-0.15, -0.1) is 0 Å². The zero-order chi connectivity index (χ0) is 42.3. The molecule has 1 aliphatic rings. The van der Waals surface area contributed by atoms with Gasteiger partial charge in [-0.05, 0) is 99.5 Å². The highest BCUT2D eigenvalue weighted by molar-refractivity contribution is 7.86. The largest absolute Gasteiger partial charge is 0.497 e. The SMILES string of the molecule is COC(=O)c1cc2c(c(OC(c3ccc(OCc4ccccc4)c(OC)c3)C(COC(=O)C(C)(C)C)OS(=O)(=O)c3ccc(C)cc3)c1)OC(c1ccc(OC)cc1)O2. The summed E-state index contributed by atoms with van der Waals surface area (Å²) >= 11 is 0. The summed E-state index contributed by atoms with van der Waals surface area (Å²) in [5.74, 6) is 0.180. The summed E-state index contributed by atoms with van der Waals surface area (Å²) in [6, 6.07) is 30.4. The molecule has 0 N–H and O–H groups in total. The van der Waals surface area contributed by atoms with Crippen LogP contribution in [0.1, 0.15) is 65.8 Å². The van der Waals surface area contributed by atoms with Crippen molar-refractivity contribution >= 4 is 22.1 Å². The molecule has 1 aliphatic heterocycles. The van der Waals surface area contributed by atoms with Gasteiger partial charge in [-0.1, -0.05) is 54.1 Å². The summed E-state index contributed by atoms with van der Waals surface area (Å²) in [5.41, 5.74) is 1.80. The first kappa shape index (κ1) is 42.4. The Balaban J connectivity index is 1.47. The van der Waals surface area contributed by atoms with Crippen LogP contribution >= 0.6 is 0 Å². The van der Waals surface area contributed by atoms with Crippen molar-refractivity contribution < 1.29 is 60.1 Å². The molecular formula is C45H46O13S. The Morgan fingerprint density at radius 3 is 2.14 bits per heavy atom. The first-order valence-corrected chi connectivity index (χ1v) is 20.0. The fourth-order valence-electron chi connectivity index (χ4n) is 5.92. The first-order chi connectivity index (χ1) is 28.2. The monoisotopic (exact) mass is 826 g/mol. The Morgan fingerprint density at radius 1 is 0.780 bits per heavy atom. The zero-order valence-electron chi connectivity index (χ0n) is 33.8. The molecule has 3 atom stereocenters. The summed E-state index contributed by atoms with van der Waals surface area (Å²) in [6.45, 7) is 6.48. The minimum absolute atomic E-state index is 0.0317. The predicted octanol–water partition coefficient (Wildman–Crippen LogP) is 8.33. The number of ether oxygens (including phenoxy) is 8. The van der Waals surface area contributed by atoms with Gasteiger partial charge in [-0.3, -0.25) is 8.98 Å². The predicted molar refractivity (Wildman–Crippen MR) is 216 cm³/mol. The Hall–Kier alpha value is -6.25. The molecule has 0 spiro atoms. The molecule has 0 aliphatic carbocycles. The Morgan fingerprint density at radius 2 is 1.49 bits per heavy atom. The van der Waals surface area contributed by atoms with Crippen molar-refractivity contribution in [2.24, 2.45) is 5.41 Å². The van der Waals surface area contributed by atoms with Gasteiger partial charge in [0.1, 0.15) is 19.0 Å². The van der Waals surface area contributed by atoms with E-state index in [2.05, 4.69) is 0 Å². The summed E-state index contributed by atoms with van der Waals surface area (Å²) in [4.78, 5) is 26.1. The number of esters is 2. The molecule has 310 valence electrons. The molecule has 6 rings (SSSR count). The highest BCUT2D eigenvalue weighted by Crippen LogP contribution is 2.50. The van der Waals surface area contributed by atoms with Gasteiger partial charge >= 0.3 is 11.9 Å². The number of hydrogen-bond donors (Lipinski definition) is 0. The van der Waals surface area contributed by atoms with E-state index < -0.39 is 52.6 Å². The lowest BCUT2D eigenvalue weighted by molar-refractivity contribution is -0.157. The van der Waals surface area contributed by atoms with Crippen LogP contribution in [0.15, 0.2) is 114 Å². The molecule has 0 fully saturated rings. The number of rotatable bonds is 16. The van der Waals surface area contributed by atoms with Gasteiger partial charge in [0.05, 0.1) is 37.2 Å². The number of fused-ring (bicyclic) bond motifs is 1. The molecule has 13 nitrogen and oxygen atoms in total. The van der Waals surface area contributed by atoms with Crippen LogP contribution in [0.5, 0.6) is 34.5 Å². The third kappa shape index (κ3) is 10.3. The van der Waals surface area contributed by atoms with Crippen molar-refractivity contribution in [3.63, 3.8) is 0 Å². The van der Waals surface area contributed by atoms with E-state index in [4.69, 9.17) is 42.1 Å². The average molecular weight is 827 g/mol. The maximum absolute atomic E-state index is 14.0. The maximum atomic E-state index is 14.0. The lowest BCUT2D eigenvalue weighted by atomic mass is 9.97. The standard InChI is InChI=1S/C45H46O13S/c1-28-13-20-34(21-14-28)59(48,49)58-39(27-54-44(47)45(2,3)4)40(31-17-22-35(36(23-31)51-6)53-26-29-11-9-8-10-12-29)55-37-24-32(42(46)52-7)25-38-41(37)57-43(56-38)30-15-18-33(50-5)19-16-30/h8-25,39-40,43H,26-27H2,1-7H3. The van der Waals surface area contributed by atoms with Crippen LogP contribution in [-0.2, 0) is 35.2 Å². The van der Waals surface area contributed by atoms with E-state index in [9.17, 15) is 18.0 Å². The Bertz CT molecular complexity index is 2350. The normalized spacial score (nSPS) is 14.5. The number of aryl methyl sites for hydroxylation is 1. The van der Waals surface area contributed by atoms with E-state index in [0.29, 0.717) is 22.6 Å². The summed E-state index contributed by atoms with van der Waals surface area (Å²) < 4.78 is 81.2. The molecule has 14 heteroatoms. The lowest BCUT2D eigenvalue weighted by Gasteiger charge is -2.29. The molecular weight excluding hydrogens is 781 g/mol. The average Bonchev–Trinajstić information content (AvgIpc) is 3.68. The van der Waals surface area contributed by atoms with E-state index in [1.807, 2.05) is 37.3 Å². The topological polar surface area (TPSA) is 151 Å². The molecule has 1 heterocycles. The molecule has 0 radical (unpaired) electrons. The van der Waals surface area contributed by atoms with E-state index in [1.165, 1.54) is 38.5 Å². The van der Waals surface area contributed by atoms with Crippen LogP contribution in [0.4, 0.5) is 0 Å². The van der Waals surface area contributed by atoms with Crippen LogP contribution in [0, 0.1) is 12.3 Å². The van der Waals surface area contributed by atoms with E-state index in [0.717, 1.165) is 11.1 Å². The van der Waals surface area contributed by atoms with Crippen LogP contribution in [-0.4, -0.2) is 54.4 Å². The van der Waals surface area contributed by atoms with Crippen molar-refractivity contribution in [2.45, 2.75) is 57.7 Å². The highest BCUT2D eigenvalue weighted by atomic mass is 32.2. The second-order valence-corrected chi connectivity index (χ2v) is 16.2. The molecule has 0 saturated heterocycles. The first-order valence-electron chi connectivity index (χ1n) is 18.6. The van der Waals surface area contributed by atoms with Crippen molar-refractivity contribution in [2.75, 3.05) is 27.9 Å². The second-order valence-electron chi connectivity index (χ2n) is 14.6. The van der Waals surface area contributed by atoms with E-state index in [-0.39, 0.29) is 40.1 Å². The van der Waals surface area contributed by atoms with Gasteiger partial charge in [0.25, 0.3) is 16.4 Å². The molecule has 0 saturated carbocycles. The lowest BCUT2D eigenvalue weighted by Crippen LogP contribution is -2.36. The number of carbonyl (C=O) groups is 2. The third-order valence-electron chi connectivity index (χ3n) is 9.18. The van der Waals surface area contributed by atoms with Crippen molar-refractivity contribution in [3.8, 4) is 34.5 Å². The van der Waals surface area contributed by atoms with Crippen LogP contribution in [0.3, 0.4) is 0 Å². The van der Waals surface area contributed by atoms with Crippen molar-refractivity contribution in [3.05, 3.63) is 137 Å². The molecule has 5 aromatic carbocycles. The Labute approximate surface area is 343 Å². The molecule has 59 heavy (non-hydrogen) atoms. The van der Waals surface area contributed by atoms with Crippen LogP contribution in [0.2, 0.25) is 0 Å². The number of carbonyl (C=O) groups excluding carboxylic acids is 2. The van der Waals surface area contributed by atoms with Gasteiger partial charge in [0, 0.05) is 5.56 Å². The van der Waals surface area contributed by atoms with E-state index >= 15 is 0 Å². The number of hydrogen-bond acceptors (Lipinski definition) is 13. The summed E-state index contributed by atoms with van der Waals surface area (Å²) in [6.07, 6.45) is -3.89. The maximum Gasteiger partial charge on any atom is 0.338 e. The molecule has 0 aromatic heterocycles. The molecule has 0 bridgehead atoms. The van der Waals surface area contributed by atoms with Gasteiger partial charge in [-0.2, -0.15) is 8.42 Å². The smallest absolute Gasteiger partial charge is 0.338 e. The van der Waals surface area contributed by atoms with Gasteiger partial charge < -0.3 is 37.9 Å². The number of methoxy groups -OCH3 is 3. The minimum Gasteiger partial charge on any atom is -0.497 e. The molecule has 5 aromatic rings. The van der Waals surface area contributed by atoms with E-state index in [1.54, 1.807) is 82.5 Å². The minimum atomic E-state index is -4.52. The van der Waals surface area contributed by atoms with Crippen LogP contribution in [0.25, 0.3) is 0 Å². The molecule has 0 amide bonds. The highest BCUT2D eigenvalue weighted by Gasteiger charge is 2.38. The number of benzene rings is 5. The van der Waals surface area contributed by atoms with Crippen LogP contribution < -0.4 is 28.4 Å². The Kier molecular flexibility index (Phi) is 13.0. The summed E-state index contributed by atoms with van der Waals surface area (Å²) in [7, 11) is -0.281.